The van der Waals surface area contributed by atoms with Crippen LogP contribution in [-0.2, 0) is 13.5 Å². The molecule has 2 heterocycles. The Kier molecular flexibility index (Phi) is 4.10. The molecule has 0 aliphatic carbocycles. The molecule has 0 saturated heterocycles. The van der Waals surface area contributed by atoms with Crippen molar-refractivity contribution in [2.75, 3.05) is 0 Å². The Morgan fingerprint density at radius 1 is 1.48 bits per heavy atom. The number of halogens is 1. The van der Waals surface area contributed by atoms with E-state index in [9.17, 15) is 0 Å². The molecule has 1 atom stereocenters. The van der Waals surface area contributed by atoms with Crippen molar-refractivity contribution in [1.82, 2.24) is 15.2 Å². The Morgan fingerprint density at radius 3 is 3.00 bits per heavy atom. The van der Waals surface area contributed by atoms with Gasteiger partial charge in [0.2, 0.25) is 0 Å². The second-order valence-corrected chi connectivity index (χ2v) is 5.94. The Bertz CT molecular complexity index is 749. The predicted octanol–water partition coefficient (Wildman–Crippen LogP) is 3.07. The molecule has 3 aromatic rings. The first-order valence-corrected chi connectivity index (χ1v) is 7.58. The molecule has 0 fully saturated rings. The minimum Gasteiger partial charge on any atom is -0.458 e. The normalized spacial score (nSPS) is 12.9. The molecule has 0 saturated carbocycles. The van der Waals surface area contributed by atoms with Crippen LogP contribution < -0.4 is 11.3 Å². The Labute approximate surface area is 131 Å². The topological polar surface area (TPSA) is 69.0 Å². The third-order valence-electron chi connectivity index (χ3n) is 3.54. The predicted molar refractivity (Wildman–Crippen MR) is 85.5 cm³/mol. The fourth-order valence-electron chi connectivity index (χ4n) is 2.44. The van der Waals surface area contributed by atoms with Crippen LogP contribution in [0.25, 0.3) is 11.0 Å². The van der Waals surface area contributed by atoms with E-state index in [-0.39, 0.29) is 6.04 Å². The van der Waals surface area contributed by atoms with Gasteiger partial charge in [0.1, 0.15) is 11.3 Å². The van der Waals surface area contributed by atoms with Gasteiger partial charge in [0.25, 0.3) is 0 Å². The highest BCUT2D eigenvalue weighted by atomic mass is 79.9. The maximum Gasteiger partial charge on any atom is 0.148 e. The van der Waals surface area contributed by atoms with Crippen molar-refractivity contribution in [3.63, 3.8) is 0 Å². The lowest BCUT2D eigenvalue weighted by Gasteiger charge is -2.12. The molecule has 0 amide bonds. The summed E-state index contributed by atoms with van der Waals surface area (Å²) in [6.07, 6.45) is 5.63. The number of benzene rings is 1. The average Bonchev–Trinajstić information content (AvgIpc) is 3.07. The molecule has 1 aromatic carbocycles. The molecule has 110 valence electrons. The summed E-state index contributed by atoms with van der Waals surface area (Å²) in [6.45, 7) is 0. The van der Waals surface area contributed by atoms with Crippen molar-refractivity contribution in [3.8, 4) is 0 Å². The van der Waals surface area contributed by atoms with Crippen molar-refractivity contribution in [1.29, 1.82) is 0 Å². The highest BCUT2D eigenvalue weighted by molar-refractivity contribution is 9.10. The molecule has 0 aliphatic rings. The van der Waals surface area contributed by atoms with Crippen molar-refractivity contribution in [3.05, 3.63) is 52.5 Å². The molecule has 6 heteroatoms. The van der Waals surface area contributed by atoms with Crippen LogP contribution in [-0.4, -0.2) is 9.78 Å². The molecule has 0 bridgehead atoms. The number of nitrogens with two attached hydrogens (primary N) is 1. The van der Waals surface area contributed by atoms with E-state index in [0.29, 0.717) is 0 Å². The summed E-state index contributed by atoms with van der Waals surface area (Å²) < 4.78 is 8.69. The summed E-state index contributed by atoms with van der Waals surface area (Å²) in [7, 11) is 1.92. The molecule has 0 aliphatic heterocycles. The number of hydrazine groups is 1. The quantitative estimate of drug-likeness (QED) is 0.549. The van der Waals surface area contributed by atoms with Gasteiger partial charge in [-0.05, 0) is 46.5 Å². The first kappa shape index (κ1) is 14.3. The van der Waals surface area contributed by atoms with Crippen LogP contribution in [0.3, 0.4) is 0 Å². The Balaban J connectivity index is 1.79. The number of fused-ring (bicyclic) bond motifs is 1. The lowest BCUT2D eigenvalue weighted by molar-refractivity contribution is 0.416. The van der Waals surface area contributed by atoms with E-state index in [4.69, 9.17) is 10.3 Å². The Hall–Kier alpha value is -1.63. The summed E-state index contributed by atoms with van der Waals surface area (Å²) in [5.74, 6) is 6.54. The molecule has 0 radical (unpaired) electrons. The number of hydrogen-bond donors (Lipinski definition) is 2. The zero-order chi connectivity index (χ0) is 14.8. The van der Waals surface area contributed by atoms with Crippen molar-refractivity contribution < 1.29 is 4.42 Å². The van der Waals surface area contributed by atoms with E-state index in [0.717, 1.165) is 34.0 Å². The average molecular weight is 349 g/mol. The SMILES string of the molecule is Cn1cc(CCC(NN)c2cc3cccc(Br)c3o2)cn1. The molecule has 3 rings (SSSR count). The first-order valence-electron chi connectivity index (χ1n) is 6.79. The van der Waals surface area contributed by atoms with E-state index in [1.165, 1.54) is 5.56 Å². The van der Waals surface area contributed by atoms with Crippen LogP contribution in [0.15, 0.2) is 45.5 Å². The number of rotatable bonds is 5. The minimum absolute atomic E-state index is 0.0236. The van der Waals surface area contributed by atoms with Gasteiger partial charge in [-0.1, -0.05) is 12.1 Å². The Morgan fingerprint density at radius 2 is 2.33 bits per heavy atom. The summed E-state index contributed by atoms with van der Waals surface area (Å²) in [6, 6.07) is 8.00. The highest BCUT2D eigenvalue weighted by Crippen LogP contribution is 2.30. The molecule has 21 heavy (non-hydrogen) atoms. The number of nitrogens with zero attached hydrogens (tertiary/aromatic N) is 2. The van der Waals surface area contributed by atoms with Gasteiger partial charge in [0, 0.05) is 18.6 Å². The zero-order valence-electron chi connectivity index (χ0n) is 11.7. The van der Waals surface area contributed by atoms with Crippen LogP contribution in [0.1, 0.15) is 23.8 Å². The number of aryl methyl sites for hydroxylation is 2. The summed E-state index contributed by atoms with van der Waals surface area (Å²) in [4.78, 5) is 0. The lowest BCUT2D eigenvalue weighted by Crippen LogP contribution is -2.28. The lowest BCUT2D eigenvalue weighted by atomic mass is 10.1. The van der Waals surface area contributed by atoms with Crippen LogP contribution in [0, 0.1) is 0 Å². The second-order valence-electron chi connectivity index (χ2n) is 5.09. The molecule has 1 unspecified atom stereocenters. The fourth-order valence-corrected chi connectivity index (χ4v) is 2.90. The molecule has 3 N–H and O–H groups in total. The molecular weight excluding hydrogens is 332 g/mol. The second kappa shape index (κ2) is 6.01. The van der Waals surface area contributed by atoms with E-state index in [1.807, 2.05) is 43.7 Å². The number of aromatic nitrogens is 2. The zero-order valence-corrected chi connectivity index (χ0v) is 13.3. The standard InChI is InChI=1S/C15H17BrN4O/c1-20-9-10(8-18-20)5-6-13(19-17)14-7-11-3-2-4-12(16)15(11)21-14/h2-4,7-9,13,19H,5-6,17H2,1H3. The van der Waals surface area contributed by atoms with Crippen molar-refractivity contribution >= 4 is 26.9 Å². The largest absolute Gasteiger partial charge is 0.458 e. The summed E-state index contributed by atoms with van der Waals surface area (Å²) in [5, 5.41) is 5.25. The monoisotopic (exact) mass is 348 g/mol. The van der Waals surface area contributed by atoms with Gasteiger partial charge in [0.15, 0.2) is 0 Å². The van der Waals surface area contributed by atoms with Gasteiger partial charge >= 0.3 is 0 Å². The van der Waals surface area contributed by atoms with E-state index < -0.39 is 0 Å². The minimum atomic E-state index is -0.0236. The van der Waals surface area contributed by atoms with Gasteiger partial charge in [-0.2, -0.15) is 5.10 Å². The number of hydrogen-bond acceptors (Lipinski definition) is 4. The van der Waals surface area contributed by atoms with Crippen molar-refractivity contribution in [2.45, 2.75) is 18.9 Å². The number of furan rings is 1. The van der Waals surface area contributed by atoms with Crippen LogP contribution in [0.2, 0.25) is 0 Å². The van der Waals surface area contributed by atoms with Crippen LogP contribution in [0.5, 0.6) is 0 Å². The van der Waals surface area contributed by atoms with E-state index in [2.05, 4.69) is 26.5 Å². The fraction of sp³-hybridized carbons (Fsp3) is 0.267. The van der Waals surface area contributed by atoms with Gasteiger partial charge in [-0.15, -0.1) is 0 Å². The first-order chi connectivity index (χ1) is 10.2. The maximum absolute atomic E-state index is 5.94. The third-order valence-corrected chi connectivity index (χ3v) is 4.16. The van der Waals surface area contributed by atoms with Gasteiger partial charge in [-0.3, -0.25) is 10.5 Å². The van der Waals surface area contributed by atoms with Crippen molar-refractivity contribution in [2.24, 2.45) is 12.9 Å². The molecular formula is C15H17BrN4O. The summed E-state index contributed by atoms with van der Waals surface area (Å²) in [5.41, 5.74) is 4.89. The van der Waals surface area contributed by atoms with Gasteiger partial charge in [0.05, 0.1) is 16.7 Å². The van der Waals surface area contributed by atoms with Gasteiger partial charge in [-0.25, -0.2) is 5.43 Å². The number of para-hydroxylation sites is 1. The molecule has 2 aromatic heterocycles. The molecule has 5 nitrogen and oxygen atoms in total. The maximum atomic E-state index is 5.94. The third kappa shape index (κ3) is 3.02. The van der Waals surface area contributed by atoms with Crippen LogP contribution >= 0.6 is 15.9 Å². The highest BCUT2D eigenvalue weighted by Gasteiger charge is 2.16. The van der Waals surface area contributed by atoms with Gasteiger partial charge < -0.3 is 4.42 Å². The van der Waals surface area contributed by atoms with Crippen LogP contribution in [0.4, 0.5) is 0 Å². The summed E-state index contributed by atoms with van der Waals surface area (Å²) >= 11 is 3.50. The van der Waals surface area contributed by atoms with E-state index in [1.54, 1.807) is 4.68 Å². The number of nitrogens with one attached hydrogen (secondary N) is 1. The molecule has 0 spiro atoms. The van der Waals surface area contributed by atoms with E-state index >= 15 is 0 Å². The smallest absolute Gasteiger partial charge is 0.148 e.